The van der Waals surface area contributed by atoms with Crippen LogP contribution in [-0.2, 0) is 12.8 Å². The first kappa shape index (κ1) is 28.6. The summed E-state index contributed by atoms with van der Waals surface area (Å²) in [6.07, 6.45) is -0.766. The Morgan fingerprint density at radius 1 is 0.651 bits per heavy atom. The van der Waals surface area contributed by atoms with Gasteiger partial charge in [0.25, 0.3) is 0 Å². The zero-order valence-corrected chi connectivity index (χ0v) is 24.4. The second-order valence-corrected chi connectivity index (χ2v) is 12.2. The van der Waals surface area contributed by atoms with Gasteiger partial charge in [0.1, 0.15) is 34.5 Å². The van der Waals surface area contributed by atoms with E-state index in [1.165, 1.54) is 34.1 Å². The molecular weight excluding hydrogens is 556 g/mol. The van der Waals surface area contributed by atoms with Crippen LogP contribution in [-0.4, -0.2) is 67.6 Å². The molecule has 0 aromatic heterocycles. The number of hydrogen-bond donors (Lipinski definition) is 6. The predicted molar refractivity (Wildman–Crippen MR) is 158 cm³/mol. The number of aromatic hydroxyl groups is 4. The van der Waals surface area contributed by atoms with Crippen LogP contribution in [0.1, 0.15) is 64.1 Å². The summed E-state index contributed by atoms with van der Waals surface area (Å²) in [6.45, 7) is 4.59. The smallest absolute Gasteiger partial charge is 0.169 e. The maximum absolute atomic E-state index is 13.6. The number of ether oxygens (including phenoxy) is 2. The average Bonchev–Trinajstić information content (AvgIpc) is 2.89. The fourth-order valence-electron chi connectivity index (χ4n) is 6.95. The van der Waals surface area contributed by atoms with Crippen LogP contribution in [0.3, 0.4) is 0 Å². The Morgan fingerprint density at radius 2 is 1.14 bits per heavy atom. The topological polar surface area (TPSA) is 174 Å². The first-order valence-electron chi connectivity index (χ1n) is 13.8. The van der Waals surface area contributed by atoms with Crippen molar-refractivity contribution in [2.45, 2.75) is 57.7 Å². The van der Waals surface area contributed by atoms with Crippen molar-refractivity contribution in [3.05, 3.63) is 46.0 Å². The third-order valence-corrected chi connectivity index (χ3v) is 8.75. The molecule has 4 aromatic rings. The number of phenolic OH excluding ortho intramolecular Hbond substituents is 4. The van der Waals surface area contributed by atoms with Crippen molar-refractivity contribution >= 4 is 33.1 Å². The number of fused-ring (bicyclic) bond motifs is 4. The lowest BCUT2D eigenvalue weighted by Gasteiger charge is -2.35. The predicted octanol–water partition coefficient (Wildman–Crippen LogP) is 4.57. The van der Waals surface area contributed by atoms with Gasteiger partial charge in [0.05, 0.1) is 47.3 Å². The van der Waals surface area contributed by atoms with Gasteiger partial charge in [0.15, 0.2) is 11.6 Å². The number of ketones is 2. The molecule has 0 amide bonds. The molecule has 0 bridgehead atoms. The van der Waals surface area contributed by atoms with Crippen molar-refractivity contribution < 1.29 is 49.7 Å². The van der Waals surface area contributed by atoms with Crippen LogP contribution in [0.15, 0.2) is 18.2 Å². The van der Waals surface area contributed by atoms with E-state index in [0.717, 1.165) is 0 Å². The lowest BCUT2D eigenvalue weighted by Crippen LogP contribution is -2.37. The van der Waals surface area contributed by atoms with Gasteiger partial charge in [-0.1, -0.05) is 0 Å². The van der Waals surface area contributed by atoms with Gasteiger partial charge < -0.3 is 40.1 Å². The Hall–Kier alpha value is -4.54. The summed E-state index contributed by atoms with van der Waals surface area (Å²) in [4.78, 5) is 27.1. The summed E-state index contributed by atoms with van der Waals surface area (Å²) in [5, 5.41) is 68.2. The van der Waals surface area contributed by atoms with Gasteiger partial charge in [0.2, 0.25) is 0 Å². The maximum Gasteiger partial charge on any atom is 0.169 e. The van der Waals surface area contributed by atoms with E-state index >= 15 is 0 Å². The molecule has 6 rings (SSSR count). The van der Waals surface area contributed by atoms with Gasteiger partial charge >= 0.3 is 0 Å². The molecule has 0 saturated carbocycles. The van der Waals surface area contributed by atoms with E-state index in [0.29, 0.717) is 5.56 Å². The number of Topliss-reactive ketones (excluding diaryl/α,β-unsaturated/α-hetero) is 2. The normalized spacial score (nSPS) is 21.7. The molecule has 4 aromatic carbocycles. The van der Waals surface area contributed by atoms with E-state index < -0.39 is 34.3 Å². The molecule has 2 atom stereocenters. The summed E-state index contributed by atoms with van der Waals surface area (Å²) >= 11 is 0. The molecule has 2 aliphatic carbocycles. The van der Waals surface area contributed by atoms with Gasteiger partial charge in [-0.15, -0.1) is 0 Å². The molecule has 10 nitrogen and oxygen atoms in total. The van der Waals surface area contributed by atoms with E-state index in [4.69, 9.17) is 9.47 Å². The highest BCUT2D eigenvalue weighted by atomic mass is 16.5. The average molecular weight is 589 g/mol. The molecule has 0 heterocycles. The van der Waals surface area contributed by atoms with Crippen molar-refractivity contribution in [1.29, 1.82) is 0 Å². The van der Waals surface area contributed by atoms with E-state index in [1.807, 2.05) is 0 Å². The largest absolute Gasteiger partial charge is 0.507 e. The lowest BCUT2D eigenvalue weighted by atomic mass is 9.71. The quantitative estimate of drug-likeness (QED) is 0.199. The van der Waals surface area contributed by atoms with Crippen molar-refractivity contribution in [3.63, 3.8) is 0 Å². The summed E-state index contributed by atoms with van der Waals surface area (Å²) in [5.41, 5.74) is -1.89. The highest BCUT2D eigenvalue weighted by Crippen LogP contribution is 2.56. The van der Waals surface area contributed by atoms with E-state index in [-0.39, 0.29) is 104 Å². The SMILES string of the molecule is COc1cc(O)c2c(O)c3c(c(-c4c5c(c(O)c6c(O)c(C)c(OC)cc46)C(=O)CC(C)(O)C5)c2c1)CC(C)(O)CC3=O. The Bertz CT molecular complexity index is 1930. The molecule has 2 unspecified atom stereocenters. The monoisotopic (exact) mass is 588 g/mol. The van der Waals surface area contributed by atoms with Crippen molar-refractivity contribution in [2.24, 2.45) is 0 Å². The van der Waals surface area contributed by atoms with E-state index in [2.05, 4.69) is 0 Å². The van der Waals surface area contributed by atoms with Crippen molar-refractivity contribution in [2.75, 3.05) is 14.2 Å². The Labute approximate surface area is 246 Å². The second kappa shape index (κ2) is 9.23. The molecule has 6 N–H and O–H groups in total. The van der Waals surface area contributed by atoms with Gasteiger partial charge in [-0.25, -0.2) is 0 Å². The number of benzene rings is 4. The summed E-state index contributed by atoms with van der Waals surface area (Å²) in [5.74, 6) is -2.27. The van der Waals surface area contributed by atoms with E-state index in [1.54, 1.807) is 19.1 Å². The number of phenols is 4. The Kier molecular flexibility index (Phi) is 6.13. The zero-order valence-electron chi connectivity index (χ0n) is 24.4. The van der Waals surface area contributed by atoms with Gasteiger partial charge in [0, 0.05) is 48.1 Å². The minimum Gasteiger partial charge on any atom is -0.507 e. The minimum absolute atomic E-state index is 0.0436. The number of carbonyl (C=O) groups excluding carboxylic acids is 2. The first-order valence-corrected chi connectivity index (χ1v) is 13.8. The van der Waals surface area contributed by atoms with Gasteiger partial charge in [-0.3, -0.25) is 9.59 Å². The van der Waals surface area contributed by atoms with Gasteiger partial charge in [-0.2, -0.15) is 0 Å². The Morgan fingerprint density at radius 3 is 1.63 bits per heavy atom. The fraction of sp³-hybridized carbons (Fsp3) is 0.333. The van der Waals surface area contributed by atoms with Crippen LogP contribution in [0.5, 0.6) is 34.5 Å². The molecule has 0 radical (unpaired) electrons. The van der Waals surface area contributed by atoms with Gasteiger partial charge in [-0.05, 0) is 55.2 Å². The van der Waals surface area contributed by atoms with E-state index in [9.17, 15) is 40.2 Å². The molecule has 0 saturated heterocycles. The fourth-order valence-corrected chi connectivity index (χ4v) is 6.95. The highest BCUT2D eigenvalue weighted by Gasteiger charge is 2.42. The standard InChI is InChI=1S/C33H32O10/c1-13-22(43-5)8-16-24(18-10-33(3,41)12-21(36)27(18)31(39)28(16)29(13)37)23-15-6-14(42-4)7-19(34)25(15)30(38)26-17(23)9-32(2,40)11-20(26)35/h6-8,34,37-41H,9-12H2,1-5H3. The number of aliphatic hydroxyl groups is 2. The van der Waals surface area contributed by atoms with Crippen LogP contribution in [0.4, 0.5) is 0 Å². The molecule has 10 heteroatoms. The number of hydrogen-bond acceptors (Lipinski definition) is 10. The highest BCUT2D eigenvalue weighted by molar-refractivity contribution is 6.21. The van der Waals surface area contributed by atoms with Crippen LogP contribution < -0.4 is 9.47 Å². The molecule has 43 heavy (non-hydrogen) atoms. The third kappa shape index (κ3) is 4.08. The van der Waals surface area contributed by atoms with Crippen molar-refractivity contribution in [1.82, 2.24) is 0 Å². The number of rotatable bonds is 3. The summed E-state index contributed by atoms with van der Waals surface area (Å²) in [7, 11) is 2.81. The van der Waals surface area contributed by atoms with Crippen LogP contribution in [0.2, 0.25) is 0 Å². The molecule has 0 aliphatic heterocycles. The lowest BCUT2D eigenvalue weighted by molar-refractivity contribution is 0.0393. The summed E-state index contributed by atoms with van der Waals surface area (Å²) < 4.78 is 11.0. The first-order chi connectivity index (χ1) is 20.1. The second-order valence-electron chi connectivity index (χ2n) is 12.2. The van der Waals surface area contributed by atoms with Crippen LogP contribution >= 0.6 is 0 Å². The molecule has 224 valence electrons. The molecule has 2 aliphatic rings. The Balaban J connectivity index is 1.97. The zero-order chi connectivity index (χ0) is 31.3. The summed E-state index contributed by atoms with van der Waals surface area (Å²) in [6, 6.07) is 4.43. The van der Waals surface area contributed by atoms with Crippen LogP contribution in [0, 0.1) is 6.92 Å². The minimum atomic E-state index is -1.51. The maximum atomic E-state index is 13.6. The number of carbonyl (C=O) groups is 2. The molecular formula is C33H32O10. The number of methoxy groups -OCH3 is 2. The van der Waals surface area contributed by atoms with Crippen LogP contribution in [0.25, 0.3) is 32.7 Å². The third-order valence-electron chi connectivity index (χ3n) is 8.75. The van der Waals surface area contributed by atoms with Crippen molar-refractivity contribution in [3.8, 4) is 45.6 Å². The molecule has 0 fully saturated rings. The molecule has 0 spiro atoms.